The summed E-state index contributed by atoms with van der Waals surface area (Å²) < 4.78 is 2.13. The zero-order valence-corrected chi connectivity index (χ0v) is 14.7. The van der Waals surface area contributed by atoms with Crippen molar-refractivity contribution in [3.63, 3.8) is 0 Å². The average Bonchev–Trinajstić information content (AvgIpc) is 3.20. The van der Waals surface area contributed by atoms with Gasteiger partial charge < -0.3 is 9.47 Å². The van der Waals surface area contributed by atoms with Gasteiger partial charge in [-0.15, -0.1) is 0 Å². The number of aromatic nitrogens is 4. The van der Waals surface area contributed by atoms with Crippen LogP contribution in [0.5, 0.6) is 0 Å². The molecule has 0 amide bonds. The highest BCUT2D eigenvalue weighted by Gasteiger charge is 2.25. The Kier molecular flexibility index (Phi) is 3.88. The number of hydrogen-bond acceptors (Lipinski definition) is 4. The van der Waals surface area contributed by atoms with Crippen LogP contribution in [0, 0.1) is 0 Å². The Morgan fingerprint density at radius 3 is 2.75 bits per heavy atom. The molecule has 0 bridgehead atoms. The summed E-state index contributed by atoms with van der Waals surface area (Å²) in [7, 11) is 0. The van der Waals surface area contributed by atoms with Crippen LogP contribution in [0.15, 0.2) is 30.6 Å². The summed E-state index contributed by atoms with van der Waals surface area (Å²) in [5.41, 5.74) is 4.16. The zero-order chi connectivity index (χ0) is 16.7. The summed E-state index contributed by atoms with van der Waals surface area (Å²) in [5.74, 6) is 0.805. The Balaban J connectivity index is 1.88. The van der Waals surface area contributed by atoms with Crippen LogP contribution >= 0.6 is 11.6 Å². The molecule has 0 unspecified atom stereocenters. The summed E-state index contributed by atoms with van der Waals surface area (Å²) in [5, 5.41) is 0.273. The topological polar surface area (TPSA) is 46.8 Å². The van der Waals surface area contributed by atoms with Gasteiger partial charge >= 0.3 is 0 Å². The Morgan fingerprint density at radius 2 is 1.96 bits per heavy atom. The number of fused-ring (bicyclic) bond motifs is 2. The van der Waals surface area contributed by atoms with Gasteiger partial charge in [-0.25, -0.2) is 4.98 Å². The quantitative estimate of drug-likeness (QED) is 0.654. The first-order valence-electron chi connectivity index (χ1n) is 8.48. The monoisotopic (exact) mass is 341 g/mol. The summed E-state index contributed by atoms with van der Waals surface area (Å²) in [6.07, 6.45) is 4.95. The van der Waals surface area contributed by atoms with Gasteiger partial charge in [-0.2, -0.15) is 9.97 Å². The number of hydrogen-bond donors (Lipinski definition) is 0. The molecule has 0 N–H and O–H groups in total. The van der Waals surface area contributed by atoms with E-state index in [9.17, 15) is 0 Å². The van der Waals surface area contributed by atoms with Gasteiger partial charge in [0, 0.05) is 18.3 Å². The van der Waals surface area contributed by atoms with E-state index in [1.54, 1.807) is 0 Å². The van der Waals surface area contributed by atoms with E-state index in [0.29, 0.717) is 6.04 Å². The minimum absolute atomic E-state index is 0.273. The van der Waals surface area contributed by atoms with Gasteiger partial charge in [0.05, 0.1) is 6.33 Å². The van der Waals surface area contributed by atoms with Crippen molar-refractivity contribution in [1.82, 2.24) is 19.5 Å². The molecule has 1 aliphatic heterocycles. The van der Waals surface area contributed by atoms with Gasteiger partial charge in [0.25, 0.3) is 0 Å². The lowest BCUT2D eigenvalue weighted by atomic mass is 10.2. The van der Waals surface area contributed by atoms with E-state index in [1.165, 1.54) is 11.3 Å². The van der Waals surface area contributed by atoms with Crippen molar-refractivity contribution >= 4 is 34.3 Å². The molecule has 0 saturated carbocycles. The van der Waals surface area contributed by atoms with E-state index in [2.05, 4.69) is 62.5 Å². The molecule has 1 aliphatic rings. The average molecular weight is 342 g/mol. The molecular weight excluding hydrogens is 322 g/mol. The second-order valence-corrected chi connectivity index (χ2v) is 6.48. The molecule has 3 aromatic rings. The lowest BCUT2D eigenvalue weighted by Crippen LogP contribution is -2.16. The van der Waals surface area contributed by atoms with Crippen LogP contribution < -0.4 is 4.90 Å². The SMILES string of the molecule is CCC(CC)n1cnc2c(N3CCc4ccccc43)nc(Cl)nc21. The first-order valence-corrected chi connectivity index (χ1v) is 8.86. The van der Waals surface area contributed by atoms with E-state index in [-0.39, 0.29) is 5.28 Å². The van der Waals surface area contributed by atoms with Gasteiger partial charge in [0.1, 0.15) is 0 Å². The van der Waals surface area contributed by atoms with Crippen molar-refractivity contribution in [3.8, 4) is 0 Å². The fourth-order valence-electron chi connectivity index (χ4n) is 3.57. The molecule has 4 rings (SSSR count). The maximum Gasteiger partial charge on any atom is 0.226 e. The molecule has 6 heteroatoms. The van der Waals surface area contributed by atoms with Crippen molar-refractivity contribution in [1.29, 1.82) is 0 Å². The van der Waals surface area contributed by atoms with Crippen LogP contribution in [-0.4, -0.2) is 26.1 Å². The summed E-state index contributed by atoms with van der Waals surface area (Å²) >= 11 is 6.26. The van der Waals surface area contributed by atoms with Gasteiger partial charge in [-0.3, -0.25) is 0 Å². The number of anilines is 2. The molecule has 3 heterocycles. The van der Waals surface area contributed by atoms with Crippen molar-refractivity contribution in [3.05, 3.63) is 41.4 Å². The fraction of sp³-hybridized carbons (Fsp3) is 0.389. The molecule has 0 saturated heterocycles. The zero-order valence-electron chi connectivity index (χ0n) is 13.9. The lowest BCUT2D eigenvalue weighted by Gasteiger charge is -2.19. The molecule has 0 radical (unpaired) electrons. The number of para-hydroxylation sites is 1. The molecule has 5 nitrogen and oxygen atoms in total. The van der Waals surface area contributed by atoms with Crippen molar-refractivity contribution in [2.75, 3.05) is 11.4 Å². The van der Waals surface area contributed by atoms with E-state index in [0.717, 1.165) is 42.8 Å². The fourth-order valence-corrected chi connectivity index (χ4v) is 3.73. The predicted molar refractivity (Wildman–Crippen MR) is 97.1 cm³/mol. The normalized spacial score (nSPS) is 13.9. The van der Waals surface area contributed by atoms with Gasteiger partial charge in [-0.05, 0) is 42.5 Å². The number of imidazole rings is 1. The van der Waals surface area contributed by atoms with E-state index < -0.39 is 0 Å². The number of benzene rings is 1. The third-order valence-corrected chi connectivity index (χ3v) is 5.02. The standard InChI is InChI=1S/C18H20ClN5/c1-3-13(4-2)24-11-20-15-16(21-18(19)22-17(15)24)23-10-9-12-7-5-6-8-14(12)23/h5-8,11,13H,3-4,9-10H2,1-2H3. The first kappa shape index (κ1) is 15.4. The van der Waals surface area contributed by atoms with Gasteiger partial charge in [0.2, 0.25) is 5.28 Å². The molecule has 1 aromatic carbocycles. The van der Waals surface area contributed by atoms with Gasteiger partial charge in [0.15, 0.2) is 17.0 Å². The van der Waals surface area contributed by atoms with Crippen molar-refractivity contribution in [2.45, 2.75) is 39.2 Å². The summed E-state index contributed by atoms with van der Waals surface area (Å²) in [6.45, 7) is 5.25. The highest BCUT2D eigenvalue weighted by molar-refractivity contribution is 6.28. The summed E-state index contributed by atoms with van der Waals surface area (Å²) in [4.78, 5) is 15.8. The van der Waals surface area contributed by atoms with E-state index in [4.69, 9.17) is 11.6 Å². The third-order valence-electron chi connectivity index (χ3n) is 4.85. The van der Waals surface area contributed by atoms with Crippen LogP contribution in [0.25, 0.3) is 11.2 Å². The maximum absolute atomic E-state index is 6.26. The molecule has 2 aromatic heterocycles. The van der Waals surface area contributed by atoms with Crippen LogP contribution in [0.1, 0.15) is 38.3 Å². The molecule has 0 aliphatic carbocycles. The molecule has 0 fully saturated rings. The highest BCUT2D eigenvalue weighted by Crippen LogP contribution is 2.37. The van der Waals surface area contributed by atoms with Crippen LogP contribution in [0.4, 0.5) is 11.5 Å². The first-order chi connectivity index (χ1) is 11.7. The Labute approximate surface area is 146 Å². The molecule has 0 spiro atoms. The molecule has 124 valence electrons. The third kappa shape index (κ3) is 2.35. The highest BCUT2D eigenvalue weighted by atomic mass is 35.5. The van der Waals surface area contributed by atoms with Crippen LogP contribution in [0.3, 0.4) is 0 Å². The van der Waals surface area contributed by atoms with E-state index in [1.807, 2.05) is 6.33 Å². The largest absolute Gasteiger partial charge is 0.324 e. The van der Waals surface area contributed by atoms with Gasteiger partial charge in [-0.1, -0.05) is 32.0 Å². The van der Waals surface area contributed by atoms with E-state index >= 15 is 0 Å². The number of rotatable bonds is 4. The van der Waals surface area contributed by atoms with Crippen LogP contribution in [0.2, 0.25) is 5.28 Å². The summed E-state index contributed by atoms with van der Waals surface area (Å²) in [6, 6.07) is 8.80. The second kappa shape index (κ2) is 6.06. The number of halogens is 1. The minimum atomic E-state index is 0.273. The Morgan fingerprint density at radius 1 is 1.17 bits per heavy atom. The van der Waals surface area contributed by atoms with Crippen molar-refractivity contribution < 1.29 is 0 Å². The van der Waals surface area contributed by atoms with Crippen molar-refractivity contribution in [2.24, 2.45) is 0 Å². The lowest BCUT2D eigenvalue weighted by molar-refractivity contribution is 0.480. The molecule has 24 heavy (non-hydrogen) atoms. The maximum atomic E-state index is 6.26. The number of nitrogens with zero attached hydrogens (tertiary/aromatic N) is 5. The predicted octanol–water partition coefficient (Wildman–Crippen LogP) is 4.54. The Bertz CT molecular complexity index is 884. The Hall–Kier alpha value is -2.14. The second-order valence-electron chi connectivity index (χ2n) is 6.14. The minimum Gasteiger partial charge on any atom is -0.324 e. The van der Waals surface area contributed by atoms with Crippen LogP contribution in [-0.2, 0) is 6.42 Å². The smallest absolute Gasteiger partial charge is 0.226 e. The molecular formula is C18H20ClN5. The molecule has 0 atom stereocenters.